The van der Waals surface area contributed by atoms with Crippen LogP contribution >= 0.6 is 0 Å². The van der Waals surface area contributed by atoms with Crippen molar-refractivity contribution >= 4 is 0 Å². The molecule has 1 aromatic rings. The van der Waals surface area contributed by atoms with E-state index >= 15 is 0 Å². The maximum absolute atomic E-state index is 5.76. The van der Waals surface area contributed by atoms with Crippen LogP contribution in [-0.4, -0.2) is 6.61 Å². The summed E-state index contributed by atoms with van der Waals surface area (Å²) in [6, 6.07) is 6.87. The lowest BCUT2D eigenvalue weighted by Gasteiger charge is -2.49. The predicted molar refractivity (Wildman–Crippen MR) is 86.8 cm³/mol. The van der Waals surface area contributed by atoms with Gasteiger partial charge in [-0.1, -0.05) is 19.4 Å². The molecule has 3 aliphatic rings. The van der Waals surface area contributed by atoms with E-state index in [2.05, 4.69) is 32.0 Å². The van der Waals surface area contributed by atoms with Gasteiger partial charge in [-0.05, 0) is 91.9 Å². The summed E-state index contributed by atoms with van der Waals surface area (Å²) in [6.07, 6.45) is 9.99. The largest absolute Gasteiger partial charge is 0.494 e. The molecule has 0 amide bonds. The summed E-state index contributed by atoms with van der Waals surface area (Å²) >= 11 is 0. The summed E-state index contributed by atoms with van der Waals surface area (Å²) in [6.45, 7) is 5.42. The van der Waals surface area contributed by atoms with Crippen molar-refractivity contribution in [1.29, 1.82) is 0 Å². The summed E-state index contributed by atoms with van der Waals surface area (Å²) in [4.78, 5) is 0. The highest BCUT2D eigenvalue weighted by Crippen LogP contribution is 2.60. The van der Waals surface area contributed by atoms with Crippen LogP contribution < -0.4 is 4.74 Å². The van der Waals surface area contributed by atoms with Crippen LogP contribution in [0.15, 0.2) is 18.2 Å². The number of hydrogen-bond acceptors (Lipinski definition) is 1. The molecule has 0 radical (unpaired) electrons. The van der Waals surface area contributed by atoms with Crippen molar-refractivity contribution < 1.29 is 4.74 Å². The second kappa shape index (κ2) is 5.04. The Morgan fingerprint density at radius 3 is 2.95 bits per heavy atom. The van der Waals surface area contributed by atoms with Crippen LogP contribution in [0.25, 0.3) is 0 Å². The van der Waals surface area contributed by atoms with Gasteiger partial charge in [0, 0.05) is 0 Å². The molecule has 0 heterocycles. The van der Waals surface area contributed by atoms with Crippen molar-refractivity contribution in [3.63, 3.8) is 0 Å². The topological polar surface area (TPSA) is 9.23 Å². The van der Waals surface area contributed by atoms with Crippen LogP contribution in [0.4, 0.5) is 0 Å². The van der Waals surface area contributed by atoms with Gasteiger partial charge in [0.1, 0.15) is 5.75 Å². The van der Waals surface area contributed by atoms with Crippen LogP contribution in [0.1, 0.15) is 69.4 Å². The number of hydrogen-bond donors (Lipinski definition) is 0. The molecule has 4 rings (SSSR count). The first-order chi connectivity index (χ1) is 10.2. The molecule has 3 aliphatic carbocycles. The number of benzene rings is 1. The molecular weight excluding hydrogens is 256 g/mol. The lowest BCUT2D eigenvalue weighted by atomic mass is 9.56. The lowest BCUT2D eigenvalue weighted by molar-refractivity contribution is 0.0597. The fourth-order valence-electron chi connectivity index (χ4n) is 5.79. The molecule has 1 heteroatoms. The van der Waals surface area contributed by atoms with Gasteiger partial charge in [0.05, 0.1) is 6.61 Å². The third kappa shape index (κ3) is 2.12. The fourth-order valence-corrected chi connectivity index (χ4v) is 5.79. The monoisotopic (exact) mass is 284 g/mol. The van der Waals surface area contributed by atoms with E-state index in [0.29, 0.717) is 5.41 Å². The number of rotatable bonds is 2. The van der Waals surface area contributed by atoms with E-state index < -0.39 is 0 Å². The molecule has 1 nitrogen and oxygen atoms in total. The quantitative estimate of drug-likeness (QED) is 0.713. The Balaban J connectivity index is 1.68. The maximum Gasteiger partial charge on any atom is 0.119 e. The van der Waals surface area contributed by atoms with Crippen molar-refractivity contribution in [1.82, 2.24) is 0 Å². The van der Waals surface area contributed by atoms with E-state index in [4.69, 9.17) is 4.74 Å². The average molecular weight is 284 g/mol. The maximum atomic E-state index is 5.76. The Morgan fingerprint density at radius 1 is 1.19 bits per heavy atom. The van der Waals surface area contributed by atoms with Gasteiger partial charge < -0.3 is 4.74 Å². The summed E-state index contributed by atoms with van der Waals surface area (Å²) in [7, 11) is 0. The highest BCUT2D eigenvalue weighted by molar-refractivity contribution is 5.40. The molecule has 114 valence electrons. The first kappa shape index (κ1) is 13.7. The molecule has 1 aromatic carbocycles. The highest BCUT2D eigenvalue weighted by Gasteiger charge is 2.50. The Hall–Kier alpha value is -0.980. The molecule has 21 heavy (non-hydrogen) atoms. The van der Waals surface area contributed by atoms with Gasteiger partial charge in [0.2, 0.25) is 0 Å². The number of aryl methyl sites for hydroxylation is 1. The van der Waals surface area contributed by atoms with Gasteiger partial charge >= 0.3 is 0 Å². The molecule has 0 saturated heterocycles. The van der Waals surface area contributed by atoms with Crippen LogP contribution in [-0.2, 0) is 6.42 Å². The molecule has 4 atom stereocenters. The zero-order valence-corrected chi connectivity index (χ0v) is 13.5. The zero-order chi connectivity index (χ0) is 14.4. The van der Waals surface area contributed by atoms with E-state index in [1.165, 1.54) is 44.9 Å². The van der Waals surface area contributed by atoms with Crippen LogP contribution in [0.2, 0.25) is 0 Å². The molecule has 0 bridgehead atoms. The van der Waals surface area contributed by atoms with Crippen molar-refractivity contribution in [3.05, 3.63) is 29.3 Å². The fraction of sp³-hybridized carbons (Fsp3) is 0.700. The van der Waals surface area contributed by atoms with Crippen LogP contribution in [0, 0.1) is 17.3 Å². The van der Waals surface area contributed by atoms with Gasteiger partial charge in [0.25, 0.3) is 0 Å². The normalized spacial score (nSPS) is 37.5. The van der Waals surface area contributed by atoms with Gasteiger partial charge in [0.15, 0.2) is 0 Å². The number of ether oxygens (including phenoxy) is 1. The van der Waals surface area contributed by atoms with E-state index in [1.807, 2.05) is 0 Å². The minimum Gasteiger partial charge on any atom is -0.494 e. The second-order valence-corrected chi connectivity index (χ2v) is 7.79. The van der Waals surface area contributed by atoms with E-state index in [1.54, 1.807) is 11.1 Å². The third-order valence-electron chi connectivity index (χ3n) is 6.79. The zero-order valence-electron chi connectivity index (χ0n) is 13.5. The molecule has 2 fully saturated rings. The third-order valence-corrected chi connectivity index (χ3v) is 6.79. The van der Waals surface area contributed by atoms with Crippen molar-refractivity contribution in [3.8, 4) is 5.75 Å². The molecular formula is C20H28O. The van der Waals surface area contributed by atoms with Gasteiger partial charge in [-0.2, -0.15) is 0 Å². The highest BCUT2D eigenvalue weighted by atomic mass is 16.5. The second-order valence-electron chi connectivity index (χ2n) is 7.79. The van der Waals surface area contributed by atoms with Crippen molar-refractivity contribution in [2.24, 2.45) is 17.3 Å². The minimum absolute atomic E-state index is 0.663. The van der Waals surface area contributed by atoms with Gasteiger partial charge in [-0.3, -0.25) is 0 Å². The Morgan fingerprint density at radius 2 is 2.10 bits per heavy atom. The van der Waals surface area contributed by atoms with E-state index in [9.17, 15) is 0 Å². The number of fused-ring (bicyclic) bond motifs is 5. The summed E-state index contributed by atoms with van der Waals surface area (Å²) in [5, 5.41) is 0. The summed E-state index contributed by atoms with van der Waals surface area (Å²) in [5.74, 6) is 3.82. The Kier molecular flexibility index (Phi) is 3.28. The first-order valence-corrected chi connectivity index (χ1v) is 8.97. The average Bonchev–Trinajstić information content (AvgIpc) is 2.89. The van der Waals surface area contributed by atoms with Crippen molar-refractivity contribution in [2.75, 3.05) is 6.61 Å². The van der Waals surface area contributed by atoms with Crippen molar-refractivity contribution in [2.45, 2.75) is 64.7 Å². The minimum atomic E-state index is 0.663. The Labute approximate surface area is 129 Å². The Bertz CT molecular complexity index is 535. The van der Waals surface area contributed by atoms with Gasteiger partial charge in [-0.15, -0.1) is 0 Å². The molecule has 0 spiro atoms. The molecule has 0 aromatic heterocycles. The molecule has 0 N–H and O–H groups in total. The summed E-state index contributed by atoms with van der Waals surface area (Å²) < 4.78 is 5.76. The molecule has 0 unspecified atom stereocenters. The standard InChI is InChI=1S/C20H28O/c1-3-21-15-8-6-14-7-9-17-16(18(14)13-15)10-12-20(2)11-4-5-19(17)20/h6,8,13,16-17,19H,3-5,7,9-12H2,1-2H3/t16-,17+,19-,20-/m0/s1. The predicted octanol–water partition coefficient (Wildman–Crippen LogP) is 5.33. The molecule has 0 aliphatic heterocycles. The first-order valence-electron chi connectivity index (χ1n) is 8.97. The lowest BCUT2D eigenvalue weighted by Crippen LogP contribution is -2.39. The van der Waals surface area contributed by atoms with E-state index in [0.717, 1.165) is 30.1 Å². The van der Waals surface area contributed by atoms with Crippen LogP contribution in [0.3, 0.4) is 0 Å². The van der Waals surface area contributed by atoms with E-state index in [-0.39, 0.29) is 0 Å². The smallest absolute Gasteiger partial charge is 0.119 e. The van der Waals surface area contributed by atoms with Crippen LogP contribution in [0.5, 0.6) is 5.75 Å². The molecule has 2 saturated carbocycles. The van der Waals surface area contributed by atoms with Gasteiger partial charge in [-0.25, -0.2) is 0 Å². The summed E-state index contributed by atoms with van der Waals surface area (Å²) in [5.41, 5.74) is 3.89. The SMILES string of the molecule is CCOc1ccc2c(c1)[C@H]1CC[C@]3(C)CCC[C@H]3[C@@H]1CC2.